The van der Waals surface area contributed by atoms with Crippen molar-refractivity contribution in [1.82, 2.24) is 4.98 Å². The molecule has 2 aromatic carbocycles. The van der Waals surface area contributed by atoms with Gasteiger partial charge in [-0.3, -0.25) is 4.79 Å². The molecule has 0 radical (unpaired) electrons. The molecule has 1 aromatic heterocycles. The maximum Gasteiger partial charge on any atom is 0.252 e. The maximum atomic E-state index is 11.0. The summed E-state index contributed by atoms with van der Waals surface area (Å²) in [4.78, 5) is 15.3. The molecular weight excluding hydrogens is 274 g/mol. The zero-order valence-corrected chi connectivity index (χ0v) is 11.2. The van der Waals surface area contributed by atoms with E-state index in [9.17, 15) is 4.79 Å². The quantitative estimate of drug-likeness (QED) is 0.670. The molecule has 0 N–H and O–H groups in total. The number of aromatic nitrogens is 1. The number of nitrogens with zero attached hydrogens (tertiary/aromatic N) is 1. The van der Waals surface area contributed by atoms with E-state index in [4.69, 9.17) is 16.0 Å². The van der Waals surface area contributed by atoms with Gasteiger partial charge in [-0.25, -0.2) is 4.98 Å². The van der Waals surface area contributed by atoms with Crippen molar-refractivity contribution in [2.24, 2.45) is 0 Å². The van der Waals surface area contributed by atoms with Crippen LogP contribution < -0.4 is 0 Å². The molecule has 0 bridgehead atoms. The fourth-order valence-corrected chi connectivity index (χ4v) is 2.01. The summed E-state index contributed by atoms with van der Waals surface area (Å²) >= 11 is 5.41. The molecule has 0 atom stereocenters. The fourth-order valence-electron chi connectivity index (χ4n) is 1.89. The molecule has 98 valence electrons. The first-order chi connectivity index (χ1) is 9.74. The van der Waals surface area contributed by atoms with Gasteiger partial charge in [-0.2, -0.15) is 0 Å². The highest BCUT2D eigenvalue weighted by atomic mass is 35.5. The molecule has 0 aliphatic heterocycles. The average Bonchev–Trinajstić information content (AvgIpc) is 2.98. The number of carbonyl (C=O) groups is 1. The first-order valence-corrected chi connectivity index (χ1v) is 6.43. The molecule has 0 amide bonds. The van der Waals surface area contributed by atoms with Crippen molar-refractivity contribution in [2.45, 2.75) is 0 Å². The minimum atomic E-state index is -0.478. The van der Waals surface area contributed by atoms with Crippen LogP contribution in [0.1, 0.15) is 10.4 Å². The Morgan fingerprint density at radius 1 is 0.950 bits per heavy atom. The summed E-state index contributed by atoms with van der Waals surface area (Å²) in [6.45, 7) is 0. The van der Waals surface area contributed by atoms with Gasteiger partial charge in [0, 0.05) is 16.7 Å². The van der Waals surface area contributed by atoms with Crippen LogP contribution in [-0.2, 0) is 0 Å². The highest BCUT2D eigenvalue weighted by Crippen LogP contribution is 2.26. The first-order valence-electron chi connectivity index (χ1n) is 6.05. The van der Waals surface area contributed by atoms with Crippen LogP contribution in [0.3, 0.4) is 0 Å². The Labute approximate surface area is 120 Å². The van der Waals surface area contributed by atoms with Crippen molar-refractivity contribution < 1.29 is 9.21 Å². The molecule has 4 heteroatoms. The number of carbonyl (C=O) groups excluding carboxylic acids is 1. The molecule has 0 aliphatic rings. The number of hydrogen-bond acceptors (Lipinski definition) is 3. The van der Waals surface area contributed by atoms with E-state index < -0.39 is 5.24 Å². The molecule has 3 rings (SSSR count). The van der Waals surface area contributed by atoms with E-state index in [2.05, 4.69) is 4.98 Å². The van der Waals surface area contributed by atoms with Gasteiger partial charge in [0.1, 0.15) is 0 Å². The Balaban J connectivity index is 1.92. The SMILES string of the molecule is O=C(Cl)c1ccc(-c2ncc(-c3ccccc3)o2)cc1. The highest BCUT2D eigenvalue weighted by Gasteiger charge is 2.09. The van der Waals surface area contributed by atoms with Gasteiger partial charge in [-0.15, -0.1) is 0 Å². The molecule has 20 heavy (non-hydrogen) atoms. The predicted molar refractivity (Wildman–Crippen MR) is 77.6 cm³/mol. The molecule has 0 aliphatic carbocycles. The lowest BCUT2D eigenvalue weighted by atomic mass is 10.1. The molecule has 1 heterocycles. The van der Waals surface area contributed by atoms with E-state index >= 15 is 0 Å². The third-order valence-corrected chi connectivity index (χ3v) is 3.14. The second-order valence-corrected chi connectivity index (χ2v) is 4.59. The molecule has 0 spiro atoms. The predicted octanol–water partition coefficient (Wildman–Crippen LogP) is 4.39. The van der Waals surface area contributed by atoms with Crippen molar-refractivity contribution in [1.29, 1.82) is 0 Å². The smallest absolute Gasteiger partial charge is 0.252 e. The number of halogens is 1. The van der Waals surface area contributed by atoms with Crippen molar-refractivity contribution in [3.63, 3.8) is 0 Å². The van der Waals surface area contributed by atoms with Crippen LogP contribution in [0, 0.1) is 0 Å². The largest absolute Gasteiger partial charge is 0.436 e. The summed E-state index contributed by atoms with van der Waals surface area (Å²) in [6.07, 6.45) is 1.69. The third-order valence-electron chi connectivity index (χ3n) is 2.92. The summed E-state index contributed by atoms with van der Waals surface area (Å²) in [5.74, 6) is 1.22. The first kappa shape index (κ1) is 12.6. The van der Waals surface area contributed by atoms with Gasteiger partial charge < -0.3 is 4.42 Å². The summed E-state index contributed by atoms with van der Waals surface area (Å²) in [5.41, 5.74) is 2.22. The second kappa shape index (κ2) is 5.31. The zero-order valence-electron chi connectivity index (χ0n) is 10.4. The van der Waals surface area contributed by atoms with E-state index in [0.29, 0.717) is 17.2 Å². The van der Waals surface area contributed by atoms with Crippen LogP contribution in [0.15, 0.2) is 65.2 Å². The van der Waals surface area contributed by atoms with E-state index in [1.54, 1.807) is 30.5 Å². The van der Waals surface area contributed by atoms with Crippen molar-refractivity contribution in [3.05, 3.63) is 66.4 Å². The molecule has 0 unspecified atom stereocenters. The van der Waals surface area contributed by atoms with Gasteiger partial charge >= 0.3 is 0 Å². The molecule has 3 aromatic rings. The van der Waals surface area contributed by atoms with Crippen LogP contribution in [0.25, 0.3) is 22.8 Å². The third kappa shape index (κ3) is 2.49. The standard InChI is InChI=1S/C16H10ClNO2/c17-15(19)12-6-8-13(9-7-12)16-18-10-14(20-16)11-4-2-1-3-5-11/h1-10H. The van der Waals surface area contributed by atoms with Gasteiger partial charge in [0.05, 0.1) is 6.20 Å². The molecule has 0 fully saturated rings. The van der Waals surface area contributed by atoms with Gasteiger partial charge in [-0.05, 0) is 35.9 Å². The second-order valence-electron chi connectivity index (χ2n) is 4.25. The molecule has 0 saturated carbocycles. The lowest BCUT2D eigenvalue weighted by Crippen LogP contribution is -1.87. The summed E-state index contributed by atoms with van der Waals surface area (Å²) in [6, 6.07) is 16.6. The van der Waals surface area contributed by atoms with E-state index in [0.717, 1.165) is 11.1 Å². The minimum Gasteiger partial charge on any atom is -0.436 e. The Bertz CT molecular complexity index is 733. The number of oxazole rings is 1. The van der Waals surface area contributed by atoms with Crippen molar-refractivity contribution in [3.8, 4) is 22.8 Å². The van der Waals surface area contributed by atoms with E-state index in [-0.39, 0.29) is 0 Å². The summed E-state index contributed by atoms with van der Waals surface area (Å²) in [5, 5.41) is -0.478. The topological polar surface area (TPSA) is 43.1 Å². The van der Waals surface area contributed by atoms with Crippen LogP contribution in [-0.4, -0.2) is 10.2 Å². The minimum absolute atomic E-state index is 0.449. The van der Waals surface area contributed by atoms with Crippen LogP contribution in [0.5, 0.6) is 0 Å². The van der Waals surface area contributed by atoms with E-state index in [1.807, 2.05) is 30.3 Å². The van der Waals surface area contributed by atoms with Gasteiger partial charge in [-0.1, -0.05) is 30.3 Å². The van der Waals surface area contributed by atoms with Crippen LogP contribution in [0.2, 0.25) is 0 Å². The van der Waals surface area contributed by atoms with Gasteiger partial charge in [0.25, 0.3) is 5.24 Å². The lowest BCUT2D eigenvalue weighted by Gasteiger charge is -1.98. The Hall–Kier alpha value is -2.39. The maximum absolute atomic E-state index is 11.0. The molecule has 3 nitrogen and oxygen atoms in total. The van der Waals surface area contributed by atoms with Gasteiger partial charge in [0.15, 0.2) is 5.76 Å². The fraction of sp³-hybridized carbons (Fsp3) is 0. The number of benzene rings is 2. The lowest BCUT2D eigenvalue weighted by molar-refractivity contribution is 0.108. The summed E-state index contributed by atoms with van der Waals surface area (Å²) in [7, 11) is 0. The van der Waals surface area contributed by atoms with Crippen LogP contribution in [0.4, 0.5) is 0 Å². The number of hydrogen-bond donors (Lipinski definition) is 0. The van der Waals surface area contributed by atoms with Gasteiger partial charge in [0.2, 0.25) is 5.89 Å². The molecule has 0 saturated heterocycles. The Morgan fingerprint density at radius 2 is 1.65 bits per heavy atom. The van der Waals surface area contributed by atoms with Crippen molar-refractivity contribution >= 4 is 16.8 Å². The normalized spacial score (nSPS) is 10.4. The summed E-state index contributed by atoms with van der Waals surface area (Å²) < 4.78 is 5.73. The van der Waals surface area contributed by atoms with E-state index in [1.165, 1.54) is 0 Å². The molecular formula is C16H10ClNO2. The monoisotopic (exact) mass is 283 g/mol. The van der Waals surface area contributed by atoms with Crippen LogP contribution >= 0.6 is 11.6 Å². The van der Waals surface area contributed by atoms with Crippen molar-refractivity contribution in [2.75, 3.05) is 0 Å². The Morgan fingerprint density at radius 3 is 2.30 bits per heavy atom. The average molecular weight is 284 g/mol. The zero-order chi connectivity index (χ0) is 13.9. The number of rotatable bonds is 3. The highest BCUT2D eigenvalue weighted by molar-refractivity contribution is 6.67. The Kier molecular flexibility index (Phi) is 3.35.